The van der Waals surface area contributed by atoms with Crippen LogP contribution in [0.5, 0.6) is 0 Å². The number of rotatable bonds is 6. The van der Waals surface area contributed by atoms with Gasteiger partial charge in [-0.25, -0.2) is 8.42 Å². The molecule has 0 aromatic heterocycles. The molecule has 0 bridgehead atoms. The van der Waals surface area contributed by atoms with Crippen LogP contribution in [0.25, 0.3) is 0 Å². The third-order valence-electron chi connectivity index (χ3n) is 6.46. The molecule has 0 saturated carbocycles. The Morgan fingerprint density at radius 3 is 2.21 bits per heavy atom. The SMILES string of the molecule is C=CC(=O)NC1CCN(S(=O)(=O)c2ccc(C(=O)NC3Cc4ccccc4C3)cc2)C(C)C1. The number of carbonyl (C=O) groups is 2. The van der Waals surface area contributed by atoms with Gasteiger partial charge in [-0.05, 0) is 74.1 Å². The molecular formula is C25H29N3O4S. The maximum Gasteiger partial charge on any atom is 0.251 e. The van der Waals surface area contributed by atoms with Crippen LogP contribution in [0.2, 0.25) is 0 Å². The minimum absolute atomic E-state index is 0.0436. The zero-order chi connectivity index (χ0) is 23.6. The molecule has 0 radical (unpaired) electrons. The van der Waals surface area contributed by atoms with Gasteiger partial charge in [0, 0.05) is 30.2 Å². The van der Waals surface area contributed by atoms with E-state index < -0.39 is 10.0 Å². The van der Waals surface area contributed by atoms with Crippen LogP contribution in [-0.4, -0.2) is 49.2 Å². The van der Waals surface area contributed by atoms with Gasteiger partial charge >= 0.3 is 0 Å². The van der Waals surface area contributed by atoms with E-state index in [2.05, 4.69) is 29.3 Å². The van der Waals surface area contributed by atoms with E-state index in [1.807, 2.05) is 19.1 Å². The van der Waals surface area contributed by atoms with E-state index in [-0.39, 0.29) is 34.8 Å². The predicted octanol–water partition coefficient (Wildman–Crippen LogP) is 2.43. The van der Waals surface area contributed by atoms with E-state index >= 15 is 0 Å². The monoisotopic (exact) mass is 467 g/mol. The van der Waals surface area contributed by atoms with E-state index in [1.165, 1.54) is 33.6 Å². The highest BCUT2D eigenvalue weighted by molar-refractivity contribution is 7.89. The standard InChI is InChI=1S/C25H29N3O4S/c1-3-24(29)26-21-12-13-28(17(2)14-21)33(31,32)23-10-8-18(9-11-23)25(30)27-22-15-19-6-4-5-7-20(19)16-22/h3-11,17,21-22H,1,12-16H2,2H3,(H,26,29)(H,27,30). The van der Waals surface area contributed by atoms with Crippen LogP contribution in [0.4, 0.5) is 0 Å². The van der Waals surface area contributed by atoms with Crippen molar-refractivity contribution in [2.24, 2.45) is 0 Å². The van der Waals surface area contributed by atoms with E-state index in [0.29, 0.717) is 24.9 Å². The molecule has 1 fully saturated rings. The Kier molecular flexibility index (Phi) is 6.67. The van der Waals surface area contributed by atoms with Crippen LogP contribution in [0.1, 0.15) is 41.3 Å². The van der Waals surface area contributed by atoms with Gasteiger partial charge in [-0.2, -0.15) is 4.31 Å². The van der Waals surface area contributed by atoms with Gasteiger partial charge in [0.25, 0.3) is 5.91 Å². The van der Waals surface area contributed by atoms with Gasteiger partial charge in [0.2, 0.25) is 15.9 Å². The van der Waals surface area contributed by atoms with Crippen molar-refractivity contribution in [3.05, 3.63) is 77.9 Å². The molecule has 1 aliphatic heterocycles. The number of amides is 2. The van der Waals surface area contributed by atoms with Crippen molar-refractivity contribution in [2.45, 2.75) is 55.6 Å². The van der Waals surface area contributed by atoms with Gasteiger partial charge in [-0.1, -0.05) is 30.8 Å². The molecule has 7 nitrogen and oxygen atoms in total. The average molecular weight is 468 g/mol. The molecule has 1 heterocycles. The zero-order valence-corrected chi connectivity index (χ0v) is 19.5. The maximum atomic E-state index is 13.2. The molecule has 0 spiro atoms. The molecule has 2 amide bonds. The van der Waals surface area contributed by atoms with Crippen molar-refractivity contribution >= 4 is 21.8 Å². The van der Waals surface area contributed by atoms with Gasteiger partial charge in [0.05, 0.1) is 4.90 Å². The second kappa shape index (κ2) is 9.49. The summed E-state index contributed by atoms with van der Waals surface area (Å²) in [6, 6.07) is 14.0. The Hall–Kier alpha value is -2.97. The molecular weight excluding hydrogens is 438 g/mol. The average Bonchev–Trinajstić information content (AvgIpc) is 3.21. The summed E-state index contributed by atoms with van der Waals surface area (Å²) in [5.41, 5.74) is 2.95. The fraction of sp³-hybridized carbons (Fsp3) is 0.360. The first-order valence-electron chi connectivity index (χ1n) is 11.2. The number of carbonyl (C=O) groups excluding carboxylic acids is 2. The van der Waals surface area contributed by atoms with Crippen LogP contribution in [-0.2, 0) is 27.7 Å². The first kappa shape index (κ1) is 23.2. The lowest BCUT2D eigenvalue weighted by molar-refractivity contribution is -0.117. The quantitative estimate of drug-likeness (QED) is 0.638. The normalized spacial score (nSPS) is 21.2. The summed E-state index contributed by atoms with van der Waals surface area (Å²) in [7, 11) is -3.70. The van der Waals surface area contributed by atoms with Gasteiger partial charge in [0.1, 0.15) is 0 Å². The van der Waals surface area contributed by atoms with Crippen LogP contribution in [0.15, 0.2) is 66.1 Å². The van der Waals surface area contributed by atoms with Crippen molar-refractivity contribution in [1.29, 1.82) is 0 Å². The molecule has 174 valence electrons. The van der Waals surface area contributed by atoms with Crippen molar-refractivity contribution in [1.82, 2.24) is 14.9 Å². The minimum Gasteiger partial charge on any atom is -0.350 e. The molecule has 1 aliphatic carbocycles. The number of nitrogens with zero attached hydrogens (tertiary/aromatic N) is 1. The Balaban J connectivity index is 1.38. The summed E-state index contributed by atoms with van der Waals surface area (Å²) < 4.78 is 27.8. The summed E-state index contributed by atoms with van der Waals surface area (Å²) in [5, 5.41) is 5.90. The lowest BCUT2D eigenvalue weighted by Crippen LogP contribution is -2.50. The van der Waals surface area contributed by atoms with Gasteiger partial charge < -0.3 is 10.6 Å². The van der Waals surface area contributed by atoms with Gasteiger partial charge in [-0.3, -0.25) is 9.59 Å². The number of piperidine rings is 1. The van der Waals surface area contributed by atoms with Crippen LogP contribution in [0.3, 0.4) is 0 Å². The summed E-state index contributed by atoms with van der Waals surface area (Å²) in [5.74, 6) is -0.456. The fourth-order valence-corrected chi connectivity index (χ4v) is 6.40. The molecule has 2 aromatic carbocycles. The van der Waals surface area contributed by atoms with E-state index in [0.717, 1.165) is 12.8 Å². The predicted molar refractivity (Wildman–Crippen MR) is 126 cm³/mol. The summed E-state index contributed by atoms with van der Waals surface area (Å²) in [4.78, 5) is 24.4. The van der Waals surface area contributed by atoms with Crippen molar-refractivity contribution in [3.8, 4) is 0 Å². The second-order valence-corrected chi connectivity index (χ2v) is 10.7. The highest BCUT2D eigenvalue weighted by Gasteiger charge is 2.35. The number of nitrogens with one attached hydrogen (secondary N) is 2. The lowest BCUT2D eigenvalue weighted by atomic mass is 10.0. The summed E-state index contributed by atoms with van der Waals surface area (Å²) in [6.07, 6.45) is 3.89. The number of sulfonamides is 1. The first-order valence-corrected chi connectivity index (χ1v) is 12.6. The highest BCUT2D eigenvalue weighted by atomic mass is 32.2. The summed E-state index contributed by atoms with van der Waals surface area (Å²) in [6.45, 7) is 5.60. The molecule has 8 heteroatoms. The Morgan fingerprint density at radius 1 is 1.00 bits per heavy atom. The molecule has 1 saturated heterocycles. The highest BCUT2D eigenvalue weighted by Crippen LogP contribution is 2.26. The minimum atomic E-state index is -3.70. The molecule has 33 heavy (non-hydrogen) atoms. The largest absolute Gasteiger partial charge is 0.350 e. The molecule has 2 N–H and O–H groups in total. The maximum absolute atomic E-state index is 13.2. The van der Waals surface area contributed by atoms with E-state index in [4.69, 9.17) is 0 Å². The Bertz CT molecular complexity index is 1140. The lowest BCUT2D eigenvalue weighted by Gasteiger charge is -2.36. The smallest absolute Gasteiger partial charge is 0.251 e. The first-order chi connectivity index (χ1) is 15.8. The number of benzene rings is 2. The third kappa shape index (κ3) is 5.02. The van der Waals surface area contributed by atoms with Crippen LogP contribution in [0, 0.1) is 0 Å². The summed E-state index contributed by atoms with van der Waals surface area (Å²) >= 11 is 0. The van der Waals surface area contributed by atoms with E-state index in [9.17, 15) is 18.0 Å². The van der Waals surface area contributed by atoms with Gasteiger partial charge in [0.15, 0.2) is 0 Å². The molecule has 2 unspecified atom stereocenters. The van der Waals surface area contributed by atoms with Gasteiger partial charge in [-0.15, -0.1) is 0 Å². The topological polar surface area (TPSA) is 95.6 Å². The number of hydrogen-bond donors (Lipinski definition) is 2. The molecule has 2 aliphatic rings. The fourth-order valence-electron chi connectivity index (χ4n) is 4.74. The Labute approximate surface area is 194 Å². The zero-order valence-electron chi connectivity index (χ0n) is 18.7. The molecule has 2 atom stereocenters. The van der Waals surface area contributed by atoms with Crippen LogP contribution >= 0.6 is 0 Å². The Morgan fingerprint density at radius 2 is 1.64 bits per heavy atom. The molecule has 4 rings (SSSR count). The third-order valence-corrected chi connectivity index (χ3v) is 8.48. The van der Waals surface area contributed by atoms with Crippen molar-refractivity contribution in [3.63, 3.8) is 0 Å². The van der Waals surface area contributed by atoms with Crippen molar-refractivity contribution < 1.29 is 18.0 Å². The number of hydrogen-bond acceptors (Lipinski definition) is 4. The molecule has 2 aromatic rings. The van der Waals surface area contributed by atoms with E-state index in [1.54, 1.807) is 12.1 Å². The van der Waals surface area contributed by atoms with Crippen molar-refractivity contribution in [2.75, 3.05) is 6.54 Å². The second-order valence-electron chi connectivity index (χ2n) is 8.77. The van der Waals surface area contributed by atoms with Crippen LogP contribution < -0.4 is 10.6 Å². The number of fused-ring (bicyclic) bond motifs is 1.